The first-order valence-corrected chi connectivity index (χ1v) is 9.68. The highest BCUT2D eigenvalue weighted by atomic mass is 16.6. The molecule has 3 heterocycles. The van der Waals surface area contributed by atoms with Crippen LogP contribution in [0.4, 0.5) is 4.79 Å². The quantitative estimate of drug-likeness (QED) is 0.799. The summed E-state index contributed by atoms with van der Waals surface area (Å²) in [5.74, 6) is -0.341. The van der Waals surface area contributed by atoms with Gasteiger partial charge in [-0.1, -0.05) is 18.2 Å². The number of para-hydroxylation sites is 1. The molecule has 150 valence electrons. The van der Waals surface area contributed by atoms with Crippen molar-refractivity contribution in [1.82, 2.24) is 9.88 Å². The second-order valence-corrected chi connectivity index (χ2v) is 8.48. The third-order valence-electron chi connectivity index (χ3n) is 5.16. The van der Waals surface area contributed by atoms with E-state index >= 15 is 0 Å². The molecule has 0 spiro atoms. The van der Waals surface area contributed by atoms with Crippen molar-refractivity contribution in [2.24, 2.45) is 0 Å². The average Bonchev–Trinajstić information content (AvgIpc) is 3.03. The minimum atomic E-state index is -0.551. The normalized spacial score (nSPS) is 24.8. The Balaban J connectivity index is 1.45. The van der Waals surface area contributed by atoms with E-state index in [0.29, 0.717) is 31.6 Å². The van der Waals surface area contributed by atoms with Crippen LogP contribution in [0.5, 0.6) is 0 Å². The van der Waals surface area contributed by atoms with E-state index in [-0.39, 0.29) is 30.3 Å². The van der Waals surface area contributed by atoms with E-state index in [4.69, 9.17) is 14.2 Å². The van der Waals surface area contributed by atoms with Crippen LogP contribution in [0, 0.1) is 0 Å². The lowest BCUT2D eigenvalue weighted by Crippen LogP contribution is -2.61. The molecule has 4 rings (SSSR count). The molecule has 3 atom stereocenters. The third-order valence-corrected chi connectivity index (χ3v) is 5.16. The maximum absolute atomic E-state index is 12.7. The summed E-state index contributed by atoms with van der Waals surface area (Å²) < 4.78 is 17.0. The van der Waals surface area contributed by atoms with Crippen LogP contribution in [0.15, 0.2) is 30.5 Å². The van der Waals surface area contributed by atoms with Crippen molar-refractivity contribution in [1.29, 1.82) is 0 Å². The highest BCUT2D eigenvalue weighted by Gasteiger charge is 2.44. The number of hydrogen-bond acceptors (Lipinski definition) is 5. The second-order valence-electron chi connectivity index (χ2n) is 8.48. The molecule has 1 N–H and O–H groups in total. The number of fused-ring (bicyclic) bond motifs is 3. The fourth-order valence-corrected chi connectivity index (χ4v) is 4.03. The number of amides is 1. The van der Waals surface area contributed by atoms with E-state index in [1.54, 1.807) is 11.1 Å². The van der Waals surface area contributed by atoms with Crippen molar-refractivity contribution in [2.45, 2.75) is 57.4 Å². The number of ether oxygens (including phenoxy) is 3. The number of hydrogen-bond donors (Lipinski definition) is 1. The predicted octanol–water partition coefficient (Wildman–Crippen LogP) is 3.49. The maximum Gasteiger partial charge on any atom is 0.410 e. The average molecular weight is 386 g/mol. The molecule has 2 fully saturated rings. The molecule has 1 aromatic carbocycles. The molecule has 7 heteroatoms. The summed E-state index contributed by atoms with van der Waals surface area (Å²) in [6, 6.07) is 7.34. The van der Waals surface area contributed by atoms with E-state index in [0.717, 1.165) is 10.9 Å². The number of H-pyrrole nitrogens is 1. The number of aromatic nitrogens is 1. The molecule has 2 aromatic rings. The summed E-state index contributed by atoms with van der Waals surface area (Å²) in [5, 5.41) is 0.849. The Morgan fingerprint density at radius 2 is 1.82 bits per heavy atom. The summed E-state index contributed by atoms with van der Waals surface area (Å²) in [6.45, 7) is 6.42. The first-order valence-electron chi connectivity index (χ1n) is 9.68. The summed E-state index contributed by atoms with van der Waals surface area (Å²) in [7, 11) is 0. The van der Waals surface area contributed by atoms with Gasteiger partial charge in [-0.25, -0.2) is 9.59 Å². The number of carbonyl (C=O) groups is 2. The van der Waals surface area contributed by atoms with Gasteiger partial charge in [0.05, 0.1) is 30.9 Å². The number of aromatic amines is 1. The number of nitrogens with zero attached hydrogens (tertiary/aromatic N) is 1. The van der Waals surface area contributed by atoms with Crippen LogP contribution in [0.25, 0.3) is 10.9 Å². The van der Waals surface area contributed by atoms with Gasteiger partial charge in [0.15, 0.2) is 0 Å². The first kappa shape index (κ1) is 18.8. The summed E-state index contributed by atoms with van der Waals surface area (Å²) in [5.41, 5.74) is 0.885. The molecular formula is C21H26N2O5. The molecular weight excluding hydrogens is 360 g/mol. The third kappa shape index (κ3) is 3.71. The lowest BCUT2D eigenvalue weighted by Gasteiger charge is -2.47. The maximum atomic E-state index is 12.7. The van der Waals surface area contributed by atoms with Crippen LogP contribution < -0.4 is 0 Å². The number of carbonyl (C=O) groups excluding carboxylic acids is 2. The van der Waals surface area contributed by atoms with Gasteiger partial charge in [0, 0.05) is 29.9 Å². The van der Waals surface area contributed by atoms with E-state index in [1.807, 2.05) is 45.0 Å². The zero-order valence-electron chi connectivity index (χ0n) is 16.4. The van der Waals surface area contributed by atoms with Gasteiger partial charge in [0.2, 0.25) is 0 Å². The molecule has 2 aliphatic rings. The van der Waals surface area contributed by atoms with Gasteiger partial charge in [0.1, 0.15) is 11.7 Å². The summed E-state index contributed by atoms with van der Waals surface area (Å²) >= 11 is 0. The second kappa shape index (κ2) is 7.13. The smallest absolute Gasteiger partial charge is 0.410 e. The highest BCUT2D eigenvalue weighted by Crippen LogP contribution is 2.32. The number of esters is 1. The van der Waals surface area contributed by atoms with Gasteiger partial charge in [-0.05, 0) is 26.8 Å². The molecule has 0 saturated carbocycles. The first-order chi connectivity index (χ1) is 13.3. The van der Waals surface area contributed by atoms with Gasteiger partial charge in [-0.15, -0.1) is 0 Å². The topological polar surface area (TPSA) is 80.9 Å². The standard InChI is InChI=1S/C21H26N2O5/c1-21(2,3)28-20(25)23-13-8-15(9-14(23)12-26-11-13)27-19(24)17-10-22-18-7-5-4-6-16(17)18/h4-7,10,13-15,22H,8-9,11-12H2,1-3H3/t13-,14+,15-. The van der Waals surface area contributed by atoms with E-state index in [2.05, 4.69) is 4.98 Å². The van der Waals surface area contributed by atoms with E-state index in [9.17, 15) is 9.59 Å². The Morgan fingerprint density at radius 3 is 2.50 bits per heavy atom. The summed E-state index contributed by atoms with van der Waals surface area (Å²) in [6.07, 6.45) is 2.20. The molecule has 2 aliphatic heterocycles. The van der Waals surface area contributed by atoms with Gasteiger partial charge in [-0.2, -0.15) is 0 Å². The van der Waals surface area contributed by atoms with Crippen LogP contribution in [0.3, 0.4) is 0 Å². The molecule has 2 bridgehead atoms. The zero-order valence-corrected chi connectivity index (χ0v) is 16.4. The van der Waals surface area contributed by atoms with Crippen molar-refractivity contribution in [3.05, 3.63) is 36.0 Å². The molecule has 0 aliphatic carbocycles. The summed E-state index contributed by atoms with van der Waals surface area (Å²) in [4.78, 5) is 30.2. The van der Waals surface area contributed by atoms with Crippen molar-refractivity contribution in [3.63, 3.8) is 0 Å². The molecule has 7 nitrogen and oxygen atoms in total. The molecule has 1 amide bonds. The Hall–Kier alpha value is -2.54. The van der Waals surface area contributed by atoms with E-state index in [1.165, 1.54) is 0 Å². The fourth-order valence-electron chi connectivity index (χ4n) is 4.03. The molecule has 1 aromatic heterocycles. The molecule has 28 heavy (non-hydrogen) atoms. The van der Waals surface area contributed by atoms with Crippen LogP contribution in [-0.4, -0.2) is 58.9 Å². The largest absolute Gasteiger partial charge is 0.459 e. The predicted molar refractivity (Wildman–Crippen MR) is 103 cm³/mol. The Bertz CT molecular complexity index is 870. The molecule has 0 radical (unpaired) electrons. The van der Waals surface area contributed by atoms with Crippen LogP contribution >= 0.6 is 0 Å². The lowest BCUT2D eigenvalue weighted by atomic mass is 9.92. The fraction of sp³-hybridized carbons (Fsp3) is 0.524. The Morgan fingerprint density at radius 1 is 1.14 bits per heavy atom. The molecule has 0 unspecified atom stereocenters. The lowest BCUT2D eigenvalue weighted by molar-refractivity contribution is -0.106. The van der Waals surface area contributed by atoms with Crippen LogP contribution in [-0.2, 0) is 14.2 Å². The SMILES string of the molecule is CC(C)(C)OC(=O)N1[C@@H]2COC[C@H]1C[C@@H](OC(=O)c1c[nH]c3ccccc13)C2. The van der Waals surface area contributed by atoms with Gasteiger partial charge >= 0.3 is 12.1 Å². The van der Waals surface area contributed by atoms with Gasteiger partial charge in [-0.3, -0.25) is 4.90 Å². The monoisotopic (exact) mass is 386 g/mol. The Kier molecular flexibility index (Phi) is 4.79. The number of rotatable bonds is 2. The Labute approximate surface area is 163 Å². The number of nitrogens with one attached hydrogen (secondary N) is 1. The number of morpholine rings is 1. The van der Waals surface area contributed by atoms with Crippen molar-refractivity contribution in [2.75, 3.05) is 13.2 Å². The van der Waals surface area contributed by atoms with Crippen molar-refractivity contribution >= 4 is 23.0 Å². The minimum Gasteiger partial charge on any atom is -0.459 e. The number of piperidine rings is 1. The molecule has 2 saturated heterocycles. The van der Waals surface area contributed by atoms with Crippen molar-refractivity contribution in [3.8, 4) is 0 Å². The zero-order chi connectivity index (χ0) is 19.9. The number of benzene rings is 1. The van der Waals surface area contributed by atoms with Crippen LogP contribution in [0.1, 0.15) is 44.0 Å². The van der Waals surface area contributed by atoms with Crippen LogP contribution in [0.2, 0.25) is 0 Å². The van der Waals surface area contributed by atoms with Crippen molar-refractivity contribution < 1.29 is 23.8 Å². The van der Waals surface area contributed by atoms with Gasteiger partial charge in [0.25, 0.3) is 0 Å². The van der Waals surface area contributed by atoms with Gasteiger partial charge < -0.3 is 19.2 Å². The van der Waals surface area contributed by atoms with E-state index < -0.39 is 5.60 Å². The highest BCUT2D eigenvalue weighted by molar-refractivity contribution is 6.04. The minimum absolute atomic E-state index is 0.150.